The Kier molecular flexibility index (Phi) is 4.10. The van der Waals surface area contributed by atoms with Crippen LogP contribution in [0.4, 0.5) is 13.2 Å². The van der Waals surface area contributed by atoms with Crippen LogP contribution in [-0.2, 0) is 10.8 Å². The van der Waals surface area contributed by atoms with Crippen LogP contribution in [-0.4, -0.2) is 5.51 Å². The molecule has 6 heteroatoms. The van der Waals surface area contributed by atoms with Gasteiger partial charge in [0.2, 0.25) is 0 Å². The molecule has 0 spiro atoms. The van der Waals surface area contributed by atoms with Crippen LogP contribution < -0.4 is 0 Å². The van der Waals surface area contributed by atoms with Gasteiger partial charge in [0.05, 0.1) is 6.61 Å². The first kappa shape index (κ1) is 11.7. The lowest BCUT2D eigenvalue weighted by molar-refractivity contribution is -0.0400. The molecule has 1 aromatic carbocycles. The monoisotopic (exact) mass is 242 g/mol. The Bertz CT molecular complexity index is 286. The van der Waals surface area contributed by atoms with Crippen molar-refractivity contribution in [1.82, 2.24) is 0 Å². The van der Waals surface area contributed by atoms with Gasteiger partial charge in [-0.1, -0.05) is 23.7 Å². The molecule has 0 N–H and O–H groups in total. The molecule has 0 saturated carbocycles. The smallest absolute Gasteiger partial charge is 0.303 e. The second-order valence-electron chi connectivity index (χ2n) is 2.42. The molecule has 0 aliphatic carbocycles. The summed E-state index contributed by atoms with van der Waals surface area (Å²) in [5, 5.41) is 0.539. The van der Waals surface area contributed by atoms with Crippen molar-refractivity contribution < 1.29 is 17.4 Å². The SMILES string of the molecule is FC(F)(F)SOCc1ccc(Cl)cc1. The van der Waals surface area contributed by atoms with E-state index in [4.69, 9.17) is 11.6 Å². The highest BCUT2D eigenvalue weighted by molar-refractivity contribution is 7.95. The minimum Gasteiger partial charge on any atom is -0.303 e. The van der Waals surface area contributed by atoms with E-state index in [2.05, 4.69) is 4.18 Å². The molecule has 78 valence electrons. The summed E-state index contributed by atoms with van der Waals surface area (Å²) in [5.74, 6) is 0. The maximum Gasteiger partial charge on any atom is 0.467 e. The summed E-state index contributed by atoms with van der Waals surface area (Å²) in [5.41, 5.74) is -3.71. The molecular weight excluding hydrogens is 237 g/mol. The molecule has 0 atom stereocenters. The number of hydrogen-bond acceptors (Lipinski definition) is 2. The number of halogens is 4. The van der Waals surface area contributed by atoms with Gasteiger partial charge in [-0.25, -0.2) is 0 Å². The Hall–Kier alpha value is -0.390. The van der Waals surface area contributed by atoms with Crippen LogP contribution in [0.1, 0.15) is 5.56 Å². The van der Waals surface area contributed by atoms with Gasteiger partial charge >= 0.3 is 5.51 Å². The lowest BCUT2D eigenvalue weighted by Gasteiger charge is -2.05. The Morgan fingerprint density at radius 2 is 1.79 bits per heavy atom. The molecule has 0 bridgehead atoms. The number of alkyl halides is 3. The van der Waals surface area contributed by atoms with Gasteiger partial charge in [-0.3, -0.25) is 0 Å². The van der Waals surface area contributed by atoms with Gasteiger partial charge in [0.25, 0.3) is 0 Å². The zero-order valence-corrected chi connectivity index (χ0v) is 8.42. The highest BCUT2D eigenvalue weighted by atomic mass is 35.5. The predicted octanol–water partition coefficient (Wildman–Crippen LogP) is 4.02. The maximum atomic E-state index is 11.6. The minimum absolute atomic E-state index is 0.0959. The number of benzene rings is 1. The molecule has 1 nitrogen and oxygen atoms in total. The van der Waals surface area contributed by atoms with E-state index in [1.54, 1.807) is 24.3 Å². The second-order valence-corrected chi connectivity index (χ2v) is 3.72. The fourth-order valence-electron chi connectivity index (χ4n) is 0.745. The van der Waals surface area contributed by atoms with Gasteiger partial charge in [-0.15, -0.1) is 0 Å². The van der Waals surface area contributed by atoms with Gasteiger partial charge in [-0.05, 0) is 17.7 Å². The average Bonchev–Trinajstić information content (AvgIpc) is 2.06. The second kappa shape index (κ2) is 4.91. The van der Waals surface area contributed by atoms with E-state index < -0.39 is 17.6 Å². The molecule has 0 aliphatic rings. The molecule has 1 aromatic rings. The Labute approximate surface area is 88.4 Å². The summed E-state index contributed by atoms with van der Waals surface area (Å²) in [4.78, 5) is 0. The molecule has 0 unspecified atom stereocenters. The molecular formula is C8H6ClF3OS. The van der Waals surface area contributed by atoms with E-state index in [9.17, 15) is 13.2 Å². The van der Waals surface area contributed by atoms with Crippen molar-refractivity contribution in [3.63, 3.8) is 0 Å². The van der Waals surface area contributed by atoms with Crippen LogP contribution >= 0.6 is 23.6 Å². The Morgan fingerprint density at radius 3 is 2.29 bits per heavy atom. The van der Waals surface area contributed by atoms with E-state index in [0.29, 0.717) is 10.6 Å². The fraction of sp³-hybridized carbons (Fsp3) is 0.250. The molecule has 14 heavy (non-hydrogen) atoms. The summed E-state index contributed by atoms with van der Waals surface area (Å²) in [6.07, 6.45) is 0. The van der Waals surface area contributed by atoms with Crippen LogP contribution in [0.25, 0.3) is 0 Å². The summed E-state index contributed by atoms with van der Waals surface area (Å²) in [7, 11) is 0. The van der Waals surface area contributed by atoms with Gasteiger partial charge in [-0.2, -0.15) is 13.2 Å². The average molecular weight is 243 g/mol. The van der Waals surface area contributed by atoms with Crippen LogP contribution in [0, 0.1) is 0 Å². The molecule has 0 aliphatic heterocycles. The quantitative estimate of drug-likeness (QED) is 0.741. The largest absolute Gasteiger partial charge is 0.467 e. The zero-order chi connectivity index (χ0) is 10.6. The normalized spacial score (nSPS) is 11.7. The summed E-state index contributed by atoms with van der Waals surface area (Å²) >= 11 is 5.09. The van der Waals surface area contributed by atoms with Crippen LogP contribution in [0.2, 0.25) is 5.02 Å². The van der Waals surface area contributed by atoms with Crippen molar-refractivity contribution in [2.24, 2.45) is 0 Å². The molecule has 0 radical (unpaired) electrons. The van der Waals surface area contributed by atoms with Crippen LogP contribution in [0.3, 0.4) is 0 Å². The highest BCUT2D eigenvalue weighted by Crippen LogP contribution is 2.31. The molecule has 0 heterocycles. The molecule has 1 rings (SSSR count). The predicted molar refractivity (Wildman–Crippen MR) is 49.9 cm³/mol. The third-order valence-electron chi connectivity index (χ3n) is 1.29. The van der Waals surface area contributed by atoms with E-state index in [1.165, 1.54) is 0 Å². The first-order valence-corrected chi connectivity index (χ1v) is 4.71. The number of hydrogen-bond donors (Lipinski definition) is 0. The zero-order valence-electron chi connectivity index (χ0n) is 6.84. The lowest BCUT2D eigenvalue weighted by atomic mass is 10.2. The van der Waals surface area contributed by atoms with Crippen molar-refractivity contribution in [1.29, 1.82) is 0 Å². The van der Waals surface area contributed by atoms with Crippen molar-refractivity contribution >= 4 is 23.6 Å². The van der Waals surface area contributed by atoms with Gasteiger partial charge in [0, 0.05) is 5.02 Å². The van der Waals surface area contributed by atoms with E-state index in [0.717, 1.165) is 0 Å². The molecule has 0 fully saturated rings. The standard InChI is InChI=1S/C8H6ClF3OS/c9-7-3-1-6(2-4-7)5-13-14-8(10,11)12/h1-4H,5H2. The van der Waals surface area contributed by atoms with Crippen LogP contribution in [0.5, 0.6) is 0 Å². The topological polar surface area (TPSA) is 9.23 Å². The van der Waals surface area contributed by atoms with Crippen molar-refractivity contribution in [2.75, 3.05) is 0 Å². The molecule has 0 amide bonds. The summed E-state index contributed by atoms with van der Waals surface area (Å²) in [6.45, 7) is -0.0959. The number of rotatable bonds is 3. The molecule has 0 saturated heterocycles. The van der Waals surface area contributed by atoms with Gasteiger partial charge < -0.3 is 4.18 Å². The lowest BCUT2D eigenvalue weighted by Crippen LogP contribution is -2.01. The van der Waals surface area contributed by atoms with Crippen molar-refractivity contribution in [3.05, 3.63) is 34.9 Å². The maximum absolute atomic E-state index is 11.6. The van der Waals surface area contributed by atoms with Gasteiger partial charge in [0.15, 0.2) is 0 Å². The Morgan fingerprint density at radius 1 is 1.21 bits per heavy atom. The third kappa shape index (κ3) is 4.74. The first-order valence-electron chi connectivity index (χ1n) is 3.59. The van der Waals surface area contributed by atoms with E-state index >= 15 is 0 Å². The highest BCUT2D eigenvalue weighted by Gasteiger charge is 2.29. The van der Waals surface area contributed by atoms with Crippen molar-refractivity contribution in [3.8, 4) is 0 Å². The minimum atomic E-state index is -4.35. The van der Waals surface area contributed by atoms with Gasteiger partial charge in [0.1, 0.15) is 12.0 Å². The summed E-state index contributed by atoms with van der Waals surface area (Å²) < 4.78 is 39.3. The fourth-order valence-corrected chi connectivity index (χ4v) is 1.20. The molecule has 0 aromatic heterocycles. The van der Waals surface area contributed by atoms with Crippen molar-refractivity contribution in [2.45, 2.75) is 12.1 Å². The van der Waals surface area contributed by atoms with Crippen LogP contribution in [0.15, 0.2) is 24.3 Å². The third-order valence-corrected chi connectivity index (χ3v) is 1.97. The summed E-state index contributed by atoms with van der Waals surface area (Å²) in [6, 6.07) is 6.41. The first-order chi connectivity index (χ1) is 6.47. The van der Waals surface area contributed by atoms with E-state index in [1.807, 2.05) is 0 Å². The van der Waals surface area contributed by atoms with E-state index in [-0.39, 0.29) is 6.61 Å². The Balaban J connectivity index is 2.35.